The molecule has 0 unspecified atom stereocenters. The Morgan fingerprint density at radius 1 is 1.11 bits per heavy atom. The normalized spacial score (nSPS) is 24.4. The summed E-state index contributed by atoms with van der Waals surface area (Å²) in [6.07, 6.45) is -1.06. The van der Waals surface area contributed by atoms with Crippen molar-refractivity contribution < 1.29 is 13.2 Å². The van der Waals surface area contributed by atoms with Gasteiger partial charge in [-0.05, 0) is 18.3 Å². The number of rotatable bonds is 5. The van der Waals surface area contributed by atoms with Crippen molar-refractivity contribution in [3.05, 3.63) is 0 Å². The molecule has 19 heavy (non-hydrogen) atoms. The first-order chi connectivity index (χ1) is 8.78. The second kappa shape index (κ2) is 5.54. The Kier molecular flexibility index (Phi) is 4.37. The fourth-order valence-corrected chi connectivity index (χ4v) is 3.08. The zero-order valence-electron chi connectivity index (χ0n) is 10.9. The Morgan fingerprint density at radius 3 is 2.05 bits per heavy atom. The molecule has 0 spiro atoms. The van der Waals surface area contributed by atoms with Gasteiger partial charge in [-0.2, -0.15) is 13.2 Å². The molecule has 2 N–H and O–H groups in total. The molecule has 110 valence electrons. The Balaban J connectivity index is 1.73. The molecule has 2 aliphatic rings. The van der Waals surface area contributed by atoms with Crippen LogP contribution in [-0.4, -0.2) is 60.2 Å². The van der Waals surface area contributed by atoms with Gasteiger partial charge in [-0.1, -0.05) is 12.2 Å². The molecule has 1 aliphatic heterocycles. The SMILES string of the molecule is NC(=S)CC1(CN2CCN(CC(F)(F)F)CC2)CC1. The van der Waals surface area contributed by atoms with Crippen molar-refractivity contribution in [3.8, 4) is 0 Å². The van der Waals surface area contributed by atoms with Crippen LogP contribution in [0.3, 0.4) is 0 Å². The van der Waals surface area contributed by atoms with Gasteiger partial charge >= 0.3 is 6.18 Å². The lowest BCUT2D eigenvalue weighted by molar-refractivity contribution is -0.149. The Labute approximate surface area is 116 Å². The fourth-order valence-electron chi connectivity index (χ4n) is 2.77. The van der Waals surface area contributed by atoms with Gasteiger partial charge in [0.05, 0.1) is 11.5 Å². The van der Waals surface area contributed by atoms with Gasteiger partial charge in [0, 0.05) is 39.1 Å². The molecule has 0 aromatic heterocycles. The van der Waals surface area contributed by atoms with Crippen LogP contribution in [0.5, 0.6) is 0 Å². The number of thiocarbonyl (C=S) groups is 1. The zero-order valence-corrected chi connectivity index (χ0v) is 11.7. The lowest BCUT2D eigenvalue weighted by Gasteiger charge is -2.36. The summed E-state index contributed by atoms with van der Waals surface area (Å²) in [5.41, 5.74) is 5.82. The molecule has 0 amide bonds. The summed E-state index contributed by atoms with van der Waals surface area (Å²) in [5.74, 6) is 0. The molecule has 1 heterocycles. The van der Waals surface area contributed by atoms with Crippen molar-refractivity contribution in [2.75, 3.05) is 39.3 Å². The molecule has 2 rings (SSSR count). The summed E-state index contributed by atoms with van der Waals surface area (Å²) in [7, 11) is 0. The number of hydrogen-bond donors (Lipinski definition) is 1. The van der Waals surface area contributed by atoms with Crippen LogP contribution >= 0.6 is 12.2 Å². The minimum atomic E-state index is -4.09. The van der Waals surface area contributed by atoms with Crippen LogP contribution in [-0.2, 0) is 0 Å². The Bertz CT molecular complexity index is 334. The summed E-state index contributed by atoms with van der Waals surface area (Å²) < 4.78 is 36.8. The van der Waals surface area contributed by atoms with E-state index >= 15 is 0 Å². The van der Waals surface area contributed by atoms with Crippen LogP contribution in [0.15, 0.2) is 0 Å². The molecule has 2 fully saturated rings. The largest absolute Gasteiger partial charge is 0.401 e. The number of nitrogens with two attached hydrogens (primary N) is 1. The quantitative estimate of drug-likeness (QED) is 0.781. The molecule has 0 bridgehead atoms. The zero-order chi connectivity index (χ0) is 14.1. The standard InChI is InChI=1S/C12H20F3N3S/c13-12(14,15)9-18-5-3-17(4-6-18)8-11(1-2-11)7-10(16)19/h1-9H2,(H2,16,19). The predicted octanol–water partition coefficient (Wildman–Crippen LogP) is 1.62. The third kappa shape index (κ3) is 4.89. The van der Waals surface area contributed by atoms with E-state index in [0.717, 1.165) is 25.8 Å². The maximum Gasteiger partial charge on any atom is 0.401 e. The van der Waals surface area contributed by atoms with Crippen LogP contribution in [0.2, 0.25) is 0 Å². The molecule has 0 aromatic carbocycles. The van der Waals surface area contributed by atoms with Crippen molar-refractivity contribution in [1.82, 2.24) is 9.80 Å². The molecule has 3 nitrogen and oxygen atoms in total. The van der Waals surface area contributed by atoms with Crippen molar-refractivity contribution >= 4 is 17.2 Å². The van der Waals surface area contributed by atoms with Crippen molar-refractivity contribution in [3.63, 3.8) is 0 Å². The number of halogens is 3. The van der Waals surface area contributed by atoms with Crippen LogP contribution in [0, 0.1) is 5.41 Å². The highest BCUT2D eigenvalue weighted by Gasteiger charge is 2.44. The van der Waals surface area contributed by atoms with E-state index in [1.807, 2.05) is 0 Å². The third-order valence-electron chi connectivity index (χ3n) is 3.93. The molecule has 0 radical (unpaired) electrons. The fraction of sp³-hybridized carbons (Fsp3) is 0.917. The van der Waals surface area contributed by atoms with Crippen molar-refractivity contribution in [2.24, 2.45) is 11.1 Å². The van der Waals surface area contributed by atoms with E-state index in [2.05, 4.69) is 4.90 Å². The maximum atomic E-state index is 12.3. The van der Waals surface area contributed by atoms with Gasteiger partial charge < -0.3 is 10.6 Å². The van der Waals surface area contributed by atoms with Gasteiger partial charge in [0.15, 0.2) is 0 Å². The third-order valence-corrected chi connectivity index (χ3v) is 4.08. The lowest BCUT2D eigenvalue weighted by Crippen LogP contribution is -2.50. The summed E-state index contributed by atoms with van der Waals surface area (Å²) >= 11 is 4.96. The minimum absolute atomic E-state index is 0.220. The number of nitrogens with zero attached hydrogens (tertiary/aromatic N) is 2. The Morgan fingerprint density at radius 2 is 1.63 bits per heavy atom. The van der Waals surface area contributed by atoms with Gasteiger partial charge in [0.2, 0.25) is 0 Å². The van der Waals surface area contributed by atoms with Gasteiger partial charge in [0.25, 0.3) is 0 Å². The first-order valence-corrected chi connectivity index (χ1v) is 6.99. The van der Waals surface area contributed by atoms with E-state index in [1.165, 1.54) is 4.90 Å². The second-order valence-electron chi connectivity index (χ2n) is 5.81. The van der Waals surface area contributed by atoms with Gasteiger partial charge in [0.1, 0.15) is 0 Å². The number of piperazine rings is 1. The molecule has 1 saturated carbocycles. The highest BCUT2D eigenvalue weighted by atomic mass is 32.1. The van der Waals surface area contributed by atoms with E-state index in [-0.39, 0.29) is 5.41 Å². The lowest BCUT2D eigenvalue weighted by atomic mass is 10.0. The highest BCUT2D eigenvalue weighted by molar-refractivity contribution is 7.80. The molecule has 0 aromatic rings. The number of alkyl halides is 3. The maximum absolute atomic E-state index is 12.3. The average Bonchev–Trinajstić information content (AvgIpc) is 2.98. The number of hydrogen-bond acceptors (Lipinski definition) is 3. The first kappa shape index (κ1) is 15.0. The smallest absolute Gasteiger partial charge is 0.393 e. The first-order valence-electron chi connectivity index (χ1n) is 6.58. The molecule has 1 saturated heterocycles. The van der Waals surface area contributed by atoms with Crippen LogP contribution in [0.1, 0.15) is 19.3 Å². The van der Waals surface area contributed by atoms with Crippen molar-refractivity contribution in [1.29, 1.82) is 0 Å². The van der Waals surface area contributed by atoms with E-state index in [1.54, 1.807) is 0 Å². The highest BCUT2D eigenvalue weighted by Crippen LogP contribution is 2.49. The molecule has 1 aliphatic carbocycles. The van der Waals surface area contributed by atoms with E-state index in [0.29, 0.717) is 31.2 Å². The predicted molar refractivity (Wildman–Crippen MR) is 72.0 cm³/mol. The Hall–Kier alpha value is -0.400. The van der Waals surface area contributed by atoms with E-state index < -0.39 is 12.7 Å². The molecule has 0 atom stereocenters. The molecule has 7 heteroatoms. The van der Waals surface area contributed by atoms with Crippen molar-refractivity contribution in [2.45, 2.75) is 25.4 Å². The summed E-state index contributed by atoms with van der Waals surface area (Å²) in [6.45, 7) is 2.51. The summed E-state index contributed by atoms with van der Waals surface area (Å²) in [6, 6.07) is 0. The monoisotopic (exact) mass is 295 g/mol. The van der Waals surface area contributed by atoms with Gasteiger partial charge in [-0.3, -0.25) is 4.90 Å². The molecular weight excluding hydrogens is 275 g/mol. The van der Waals surface area contributed by atoms with Gasteiger partial charge in [-0.15, -0.1) is 0 Å². The summed E-state index contributed by atoms with van der Waals surface area (Å²) in [5, 5.41) is 0. The minimum Gasteiger partial charge on any atom is -0.393 e. The second-order valence-corrected chi connectivity index (χ2v) is 6.33. The topological polar surface area (TPSA) is 32.5 Å². The van der Waals surface area contributed by atoms with Crippen LogP contribution in [0.4, 0.5) is 13.2 Å². The van der Waals surface area contributed by atoms with Crippen LogP contribution in [0.25, 0.3) is 0 Å². The van der Waals surface area contributed by atoms with E-state index in [9.17, 15) is 13.2 Å². The average molecular weight is 295 g/mol. The van der Waals surface area contributed by atoms with Crippen LogP contribution < -0.4 is 5.73 Å². The molecular formula is C12H20F3N3S. The van der Waals surface area contributed by atoms with Gasteiger partial charge in [-0.25, -0.2) is 0 Å². The summed E-state index contributed by atoms with van der Waals surface area (Å²) in [4.78, 5) is 4.27. The van der Waals surface area contributed by atoms with E-state index in [4.69, 9.17) is 18.0 Å².